The summed E-state index contributed by atoms with van der Waals surface area (Å²) in [7, 11) is 0. The highest BCUT2D eigenvalue weighted by Gasteiger charge is 2.20. The van der Waals surface area contributed by atoms with Crippen LogP contribution < -0.4 is 0 Å². The number of hydrogen-bond acceptors (Lipinski definition) is 1. The molecule has 2 aliphatic rings. The predicted octanol–water partition coefficient (Wildman–Crippen LogP) is 3.04. The summed E-state index contributed by atoms with van der Waals surface area (Å²) in [6.07, 6.45) is 10.6. The zero-order valence-corrected chi connectivity index (χ0v) is 9.01. The zero-order chi connectivity index (χ0) is 10.8. The van der Waals surface area contributed by atoms with Gasteiger partial charge in [0, 0.05) is 18.3 Å². The molecule has 1 heteroatoms. The summed E-state index contributed by atoms with van der Waals surface area (Å²) in [5.41, 5.74) is 5.91. The summed E-state index contributed by atoms with van der Waals surface area (Å²) in [4.78, 5) is 2.31. The van der Waals surface area contributed by atoms with Crippen LogP contribution in [0.5, 0.6) is 0 Å². The van der Waals surface area contributed by atoms with Crippen LogP contribution in [0.3, 0.4) is 0 Å². The van der Waals surface area contributed by atoms with E-state index in [0.29, 0.717) is 6.04 Å². The van der Waals surface area contributed by atoms with Gasteiger partial charge in [0.15, 0.2) is 0 Å². The first kappa shape index (κ1) is 9.26. The van der Waals surface area contributed by atoms with E-state index in [1.807, 2.05) is 0 Å². The largest absolute Gasteiger partial charge is 0.356 e. The Balaban J connectivity index is 1.78. The molecule has 0 spiro atoms. The zero-order valence-electron chi connectivity index (χ0n) is 9.01. The van der Waals surface area contributed by atoms with Crippen molar-refractivity contribution in [1.82, 2.24) is 4.90 Å². The Morgan fingerprint density at radius 1 is 1.12 bits per heavy atom. The van der Waals surface area contributed by atoms with E-state index in [1.54, 1.807) is 0 Å². The second kappa shape index (κ2) is 3.88. The van der Waals surface area contributed by atoms with Crippen LogP contribution in [0.2, 0.25) is 0 Å². The molecule has 1 nitrogen and oxygen atoms in total. The topological polar surface area (TPSA) is 3.24 Å². The first-order valence-electron chi connectivity index (χ1n) is 5.55. The number of rotatable bonds is 2. The fraction of sp³-hybridized carbons (Fsp3) is 0.133. The number of allylic oxidation sites excluding steroid dienone is 2. The van der Waals surface area contributed by atoms with Gasteiger partial charge < -0.3 is 4.90 Å². The smallest absolute Gasteiger partial charge is 0.0806 e. The SMILES string of the molecule is C1=CN(Cc2ccccc2)C2C=CC=CC=12. The fourth-order valence-corrected chi connectivity index (χ4v) is 2.13. The Morgan fingerprint density at radius 2 is 2.00 bits per heavy atom. The van der Waals surface area contributed by atoms with Gasteiger partial charge in [-0.25, -0.2) is 0 Å². The lowest BCUT2D eigenvalue weighted by Gasteiger charge is -2.25. The molecule has 0 fully saturated rings. The molecule has 0 saturated carbocycles. The van der Waals surface area contributed by atoms with E-state index in [2.05, 4.69) is 71.5 Å². The number of nitrogens with zero attached hydrogens (tertiary/aromatic N) is 1. The molecule has 0 bridgehead atoms. The molecule has 0 amide bonds. The third kappa shape index (κ3) is 1.62. The fourth-order valence-electron chi connectivity index (χ4n) is 2.13. The van der Waals surface area contributed by atoms with Crippen molar-refractivity contribution in [3.8, 4) is 0 Å². The van der Waals surface area contributed by atoms with E-state index in [0.717, 1.165) is 6.54 Å². The highest BCUT2D eigenvalue weighted by molar-refractivity contribution is 5.39. The Kier molecular flexibility index (Phi) is 2.25. The third-order valence-electron chi connectivity index (χ3n) is 2.96. The summed E-state index contributed by atoms with van der Waals surface area (Å²) >= 11 is 0. The van der Waals surface area contributed by atoms with Crippen LogP contribution in [-0.4, -0.2) is 10.9 Å². The lowest BCUT2D eigenvalue weighted by Crippen LogP contribution is -2.27. The predicted molar refractivity (Wildman–Crippen MR) is 65.6 cm³/mol. The monoisotopic (exact) mass is 207 g/mol. The lowest BCUT2D eigenvalue weighted by atomic mass is 10.0. The molecule has 1 aromatic carbocycles. The van der Waals surface area contributed by atoms with Gasteiger partial charge >= 0.3 is 0 Å². The Morgan fingerprint density at radius 3 is 2.88 bits per heavy atom. The van der Waals surface area contributed by atoms with Crippen molar-refractivity contribution in [3.63, 3.8) is 0 Å². The van der Waals surface area contributed by atoms with Gasteiger partial charge in [-0.3, -0.25) is 0 Å². The van der Waals surface area contributed by atoms with Crippen LogP contribution in [0.15, 0.2) is 72.1 Å². The van der Waals surface area contributed by atoms with Gasteiger partial charge in [0.1, 0.15) is 0 Å². The standard InChI is InChI=1S/C15H13N/c1-2-6-13(7-3-1)12-16-11-10-14-8-4-5-9-15(14)16/h1-9,11,15H,12H2. The van der Waals surface area contributed by atoms with Crippen LogP contribution in [0, 0.1) is 0 Å². The molecule has 0 radical (unpaired) electrons. The maximum absolute atomic E-state index is 3.31. The van der Waals surface area contributed by atoms with E-state index in [4.69, 9.17) is 0 Å². The van der Waals surface area contributed by atoms with Crippen molar-refractivity contribution in [2.75, 3.05) is 0 Å². The number of hydrogen-bond donors (Lipinski definition) is 0. The summed E-state index contributed by atoms with van der Waals surface area (Å²) in [5.74, 6) is 0. The highest BCUT2D eigenvalue weighted by Crippen LogP contribution is 2.23. The molecular weight excluding hydrogens is 194 g/mol. The minimum Gasteiger partial charge on any atom is -0.356 e. The molecule has 3 rings (SSSR count). The highest BCUT2D eigenvalue weighted by atomic mass is 15.1. The van der Waals surface area contributed by atoms with Gasteiger partial charge in [-0.1, -0.05) is 54.3 Å². The quantitative estimate of drug-likeness (QED) is 0.674. The Labute approximate surface area is 95.7 Å². The third-order valence-corrected chi connectivity index (χ3v) is 2.96. The van der Waals surface area contributed by atoms with Crippen molar-refractivity contribution in [1.29, 1.82) is 0 Å². The maximum Gasteiger partial charge on any atom is 0.0806 e. The van der Waals surface area contributed by atoms with Gasteiger partial charge in [-0.05, 0) is 11.6 Å². The van der Waals surface area contributed by atoms with E-state index >= 15 is 0 Å². The minimum absolute atomic E-state index is 0.380. The van der Waals surface area contributed by atoms with Crippen LogP contribution in [0.4, 0.5) is 0 Å². The molecule has 1 atom stereocenters. The van der Waals surface area contributed by atoms with Crippen LogP contribution >= 0.6 is 0 Å². The van der Waals surface area contributed by atoms with E-state index in [9.17, 15) is 0 Å². The molecule has 0 saturated heterocycles. The molecule has 1 aliphatic carbocycles. The molecule has 16 heavy (non-hydrogen) atoms. The minimum atomic E-state index is 0.380. The van der Waals surface area contributed by atoms with Gasteiger partial charge in [0.2, 0.25) is 0 Å². The number of fused-ring (bicyclic) bond motifs is 1. The molecular formula is C15H13N. The van der Waals surface area contributed by atoms with Crippen molar-refractivity contribution in [2.24, 2.45) is 0 Å². The normalized spacial score (nSPS) is 21.1. The molecule has 1 unspecified atom stereocenters. The van der Waals surface area contributed by atoms with E-state index < -0.39 is 0 Å². The van der Waals surface area contributed by atoms with Gasteiger partial charge in [-0.15, -0.1) is 0 Å². The average molecular weight is 207 g/mol. The summed E-state index contributed by atoms with van der Waals surface area (Å²) in [6, 6.07) is 10.9. The van der Waals surface area contributed by atoms with Crippen molar-refractivity contribution in [2.45, 2.75) is 12.6 Å². The lowest BCUT2D eigenvalue weighted by molar-refractivity contribution is 0.357. The molecule has 1 aromatic rings. The molecule has 1 aliphatic heterocycles. The van der Waals surface area contributed by atoms with Crippen LogP contribution in [-0.2, 0) is 6.54 Å². The van der Waals surface area contributed by atoms with Crippen LogP contribution in [0.25, 0.3) is 0 Å². The summed E-state index contributed by atoms with van der Waals surface area (Å²) < 4.78 is 0. The molecule has 0 N–H and O–H groups in total. The van der Waals surface area contributed by atoms with Crippen molar-refractivity contribution < 1.29 is 0 Å². The second-order valence-corrected chi connectivity index (χ2v) is 4.08. The van der Waals surface area contributed by atoms with E-state index in [1.165, 1.54) is 11.1 Å². The van der Waals surface area contributed by atoms with Crippen LogP contribution in [0.1, 0.15) is 5.56 Å². The Hall–Kier alpha value is -1.98. The van der Waals surface area contributed by atoms with Gasteiger partial charge in [-0.2, -0.15) is 0 Å². The summed E-state index contributed by atoms with van der Waals surface area (Å²) in [5, 5.41) is 0. The van der Waals surface area contributed by atoms with E-state index in [-0.39, 0.29) is 0 Å². The molecule has 0 aromatic heterocycles. The number of benzene rings is 1. The average Bonchev–Trinajstić information content (AvgIpc) is 2.74. The summed E-state index contributed by atoms with van der Waals surface area (Å²) in [6.45, 7) is 0.945. The van der Waals surface area contributed by atoms with Gasteiger partial charge in [0.05, 0.1) is 6.04 Å². The van der Waals surface area contributed by atoms with Crippen molar-refractivity contribution in [3.05, 3.63) is 77.7 Å². The molecule has 1 heterocycles. The first-order valence-corrected chi connectivity index (χ1v) is 5.55. The van der Waals surface area contributed by atoms with Crippen molar-refractivity contribution >= 4 is 0 Å². The Bertz CT molecular complexity index is 501. The maximum atomic E-state index is 3.31. The molecule has 78 valence electrons. The first-order chi connectivity index (χ1) is 7.93. The van der Waals surface area contributed by atoms with Gasteiger partial charge in [0.25, 0.3) is 0 Å². The second-order valence-electron chi connectivity index (χ2n) is 4.08.